The van der Waals surface area contributed by atoms with E-state index in [-0.39, 0.29) is 36.5 Å². The number of carbonyl (C=O) groups excluding carboxylic acids is 4. The fraction of sp³-hybridized carbons (Fsp3) is 0.310. The van der Waals surface area contributed by atoms with Gasteiger partial charge < -0.3 is 15.0 Å². The summed E-state index contributed by atoms with van der Waals surface area (Å²) in [5.74, 6) is -1.19. The predicted octanol–water partition coefficient (Wildman–Crippen LogP) is 3.46. The molecule has 2 N–H and O–H groups in total. The molecule has 0 spiro atoms. The minimum absolute atomic E-state index is 0.00198. The van der Waals surface area contributed by atoms with Gasteiger partial charge in [0.15, 0.2) is 5.82 Å². The van der Waals surface area contributed by atoms with Crippen LogP contribution in [0.4, 0.5) is 35.3 Å². The van der Waals surface area contributed by atoms with E-state index in [1.54, 1.807) is 36.4 Å². The van der Waals surface area contributed by atoms with Gasteiger partial charge >= 0.3 is 12.2 Å². The summed E-state index contributed by atoms with van der Waals surface area (Å²) in [5, 5.41) is 4.60. The van der Waals surface area contributed by atoms with E-state index in [2.05, 4.69) is 15.3 Å². The number of hydrogen-bond acceptors (Lipinski definition) is 8. The number of imide groups is 1. The number of halogens is 3. The summed E-state index contributed by atoms with van der Waals surface area (Å²) in [6, 6.07) is 9.52. The number of rotatable bonds is 7. The van der Waals surface area contributed by atoms with Crippen molar-refractivity contribution in [1.29, 1.82) is 0 Å². The maximum atomic E-state index is 13.5. The zero-order valence-electron chi connectivity index (χ0n) is 23.3. The molecule has 2 atom stereocenters. The summed E-state index contributed by atoms with van der Waals surface area (Å²) in [5.41, 5.74) is 1.00. The molecule has 12 nitrogen and oxygen atoms in total. The van der Waals surface area contributed by atoms with Crippen molar-refractivity contribution in [3.05, 3.63) is 71.5 Å². The molecule has 44 heavy (non-hydrogen) atoms. The first kappa shape index (κ1) is 28.9. The minimum atomic E-state index is -4.62. The van der Waals surface area contributed by atoms with Crippen molar-refractivity contribution in [2.75, 3.05) is 41.4 Å². The Hall–Kier alpha value is -5.21. The van der Waals surface area contributed by atoms with Crippen LogP contribution in [0.25, 0.3) is 0 Å². The van der Waals surface area contributed by atoms with Crippen molar-refractivity contribution in [2.24, 2.45) is 0 Å². The summed E-state index contributed by atoms with van der Waals surface area (Å²) < 4.78 is 44.7. The van der Waals surface area contributed by atoms with Crippen LogP contribution in [0.5, 0.6) is 5.75 Å². The Morgan fingerprint density at radius 1 is 1.09 bits per heavy atom. The molecule has 1 fully saturated rings. The molecule has 2 bridgehead atoms. The summed E-state index contributed by atoms with van der Waals surface area (Å²) in [7, 11) is 0. The van der Waals surface area contributed by atoms with E-state index < -0.39 is 36.0 Å². The van der Waals surface area contributed by atoms with Gasteiger partial charge in [0.2, 0.25) is 0 Å². The lowest BCUT2D eigenvalue weighted by Gasteiger charge is -2.35. The molecule has 6 rings (SSSR count). The van der Waals surface area contributed by atoms with Crippen molar-refractivity contribution in [3.63, 3.8) is 0 Å². The Morgan fingerprint density at radius 2 is 1.82 bits per heavy atom. The van der Waals surface area contributed by atoms with Crippen LogP contribution in [0.3, 0.4) is 0 Å². The number of pyridine rings is 2. The zero-order valence-corrected chi connectivity index (χ0v) is 23.3. The molecule has 1 unspecified atom stereocenters. The minimum Gasteiger partial charge on any atom is -0.492 e. The van der Waals surface area contributed by atoms with E-state index in [1.807, 2.05) is 10.2 Å². The zero-order chi connectivity index (χ0) is 31.2. The van der Waals surface area contributed by atoms with Crippen LogP contribution in [0.2, 0.25) is 0 Å². The molecule has 1 aromatic carbocycles. The van der Waals surface area contributed by atoms with Gasteiger partial charge in [-0.1, -0.05) is 12.1 Å². The number of ether oxygens (including phenoxy) is 1. The highest BCUT2D eigenvalue weighted by Crippen LogP contribution is 2.39. The van der Waals surface area contributed by atoms with Gasteiger partial charge in [0, 0.05) is 25.4 Å². The molecule has 1 saturated heterocycles. The molecule has 3 aliphatic rings. The number of urea groups is 1. The van der Waals surface area contributed by atoms with Crippen molar-refractivity contribution in [3.8, 4) is 5.75 Å². The maximum absolute atomic E-state index is 13.5. The Bertz CT molecular complexity index is 1630. The van der Waals surface area contributed by atoms with E-state index in [9.17, 15) is 32.3 Å². The van der Waals surface area contributed by atoms with Crippen LogP contribution in [0.15, 0.2) is 54.7 Å². The highest BCUT2D eigenvalue weighted by atomic mass is 19.4. The normalized spacial score (nSPS) is 17.7. The average Bonchev–Trinajstić information content (AvgIpc) is 3.52. The fourth-order valence-corrected chi connectivity index (χ4v) is 5.39. The first-order valence-electron chi connectivity index (χ1n) is 13.8. The van der Waals surface area contributed by atoms with E-state index >= 15 is 0 Å². The van der Waals surface area contributed by atoms with Crippen LogP contribution >= 0.6 is 0 Å². The molecule has 3 aliphatic heterocycles. The van der Waals surface area contributed by atoms with Crippen molar-refractivity contribution in [1.82, 2.24) is 20.2 Å². The number of anilines is 3. The summed E-state index contributed by atoms with van der Waals surface area (Å²) in [6.45, 7) is 2.00. The van der Waals surface area contributed by atoms with Gasteiger partial charge in [-0.05, 0) is 43.7 Å². The molecule has 228 valence electrons. The van der Waals surface area contributed by atoms with Crippen LogP contribution in [-0.4, -0.2) is 83.1 Å². The number of alkyl halides is 3. The standard InChI is InChI=1S/C29H26F3N7O5/c1-16(29(30,31)32)34-25(40)21-6-7-22-24(35-21)39(17-9-11-37(22)15-17)28(43)36-23-14-18(8-10-33-23)44-13-12-38-26(41)19-4-2-3-5-20(19)27(38)42/h2-8,10,14,16-17H,9,11-13,15H2,1H3,(H,34,40)(H,33,36,43)/t16-,17?/m1/s1. The van der Waals surface area contributed by atoms with E-state index in [0.29, 0.717) is 42.1 Å². The summed E-state index contributed by atoms with van der Waals surface area (Å²) >= 11 is 0. The lowest BCUT2D eigenvalue weighted by molar-refractivity contribution is -0.149. The second kappa shape index (κ2) is 11.1. The molecular weight excluding hydrogens is 583 g/mol. The lowest BCUT2D eigenvalue weighted by atomic mass is 10.1. The second-order valence-corrected chi connectivity index (χ2v) is 10.5. The number of nitrogens with one attached hydrogen (secondary N) is 2. The SMILES string of the molecule is C[C@@H](NC(=O)c1ccc2c(n1)N(C(=O)Nc1cc(OCCN3C(=O)c4ccccc4C3=O)ccn1)C1CCN2C1)C(F)(F)F. The van der Waals surface area contributed by atoms with Crippen LogP contribution in [-0.2, 0) is 0 Å². The van der Waals surface area contributed by atoms with Crippen molar-refractivity contribution in [2.45, 2.75) is 31.6 Å². The van der Waals surface area contributed by atoms with Gasteiger partial charge in [-0.3, -0.25) is 29.5 Å². The second-order valence-electron chi connectivity index (χ2n) is 10.5. The number of nitrogens with zero attached hydrogens (tertiary/aromatic N) is 5. The van der Waals surface area contributed by atoms with Crippen molar-refractivity contribution >= 4 is 41.1 Å². The Morgan fingerprint density at radius 3 is 2.52 bits per heavy atom. The Labute approximate surface area is 248 Å². The molecule has 3 aromatic rings. The number of fused-ring (bicyclic) bond motifs is 5. The largest absolute Gasteiger partial charge is 0.492 e. The fourth-order valence-electron chi connectivity index (χ4n) is 5.39. The van der Waals surface area contributed by atoms with Crippen LogP contribution in [0, 0.1) is 0 Å². The molecular formula is C29H26F3N7O5. The highest BCUT2D eigenvalue weighted by Gasteiger charge is 2.42. The van der Waals surface area contributed by atoms with Gasteiger partial charge in [-0.15, -0.1) is 0 Å². The van der Waals surface area contributed by atoms with E-state index in [1.165, 1.54) is 23.2 Å². The third-order valence-electron chi connectivity index (χ3n) is 7.67. The Balaban J connectivity index is 1.13. The number of benzene rings is 1. The first-order chi connectivity index (χ1) is 21.0. The highest BCUT2D eigenvalue weighted by molar-refractivity contribution is 6.21. The van der Waals surface area contributed by atoms with Gasteiger partial charge in [0.1, 0.15) is 29.9 Å². The van der Waals surface area contributed by atoms with Crippen molar-refractivity contribution < 1.29 is 37.1 Å². The van der Waals surface area contributed by atoms with Crippen LogP contribution in [0.1, 0.15) is 44.5 Å². The van der Waals surface area contributed by atoms with Gasteiger partial charge in [-0.2, -0.15) is 13.2 Å². The first-order valence-corrected chi connectivity index (χ1v) is 13.8. The molecule has 5 heterocycles. The molecule has 0 radical (unpaired) electrons. The number of hydrogen-bond donors (Lipinski definition) is 2. The monoisotopic (exact) mass is 609 g/mol. The third-order valence-corrected chi connectivity index (χ3v) is 7.67. The maximum Gasteiger partial charge on any atom is 0.408 e. The Kier molecular flexibility index (Phi) is 7.31. The molecule has 0 saturated carbocycles. The number of carbonyl (C=O) groups is 4. The average molecular weight is 610 g/mol. The quantitative estimate of drug-likeness (QED) is 0.389. The lowest BCUT2D eigenvalue weighted by Crippen LogP contribution is -2.49. The third kappa shape index (κ3) is 5.36. The number of amides is 5. The summed E-state index contributed by atoms with van der Waals surface area (Å²) in [4.78, 5) is 64.2. The van der Waals surface area contributed by atoms with Gasteiger partial charge in [0.05, 0.1) is 29.4 Å². The molecule has 2 aromatic heterocycles. The van der Waals surface area contributed by atoms with Gasteiger partial charge in [-0.25, -0.2) is 14.8 Å². The van der Waals surface area contributed by atoms with E-state index in [4.69, 9.17) is 4.74 Å². The molecule has 15 heteroatoms. The van der Waals surface area contributed by atoms with Gasteiger partial charge in [0.25, 0.3) is 17.7 Å². The number of aromatic nitrogens is 2. The summed E-state index contributed by atoms with van der Waals surface area (Å²) in [6.07, 6.45) is -2.59. The molecule has 0 aliphatic carbocycles. The molecule has 5 amide bonds. The predicted molar refractivity (Wildman–Crippen MR) is 151 cm³/mol. The van der Waals surface area contributed by atoms with Crippen LogP contribution < -0.4 is 25.2 Å². The van der Waals surface area contributed by atoms with E-state index in [0.717, 1.165) is 11.8 Å². The smallest absolute Gasteiger partial charge is 0.408 e. The topological polar surface area (TPSA) is 137 Å².